The van der Waals surface area contributed by atoms with Crippen molar-refractivity contribution in [1.82, 2.24) is 5.32 Å². The fourth-order valence-electron chi connectivity index (χ4n) is 2.54. The molecule has 0 heterocycles. The molecule has 1 fully saturated rings. The van der Waals surface area contributed by atoms with Crippen LogP contribution < -0.4 is 5.32 Å². The maximum Gasteiger partial charge on any atom is 0.416 e. The summed E-state index contributed by atoms with van der Waals surface area (Å²) in [6.07, 6.45) is -1.79. The maximum atomic E-state index is 12.9. The lowest BCUT2D eigenvalue weighted by Crippen LogP contribution is -2.54. The van der Waals surface area contributed by atoms with E-state index in [0.29, 0.717) is 18.4 Å². The van der Waals surface area contributed by atoms with Crippen molar-refractivity contribution in [3.05, 3.63) is 35.4 Å². The summed E-state index contributed by atoms with van der Waals surface area (Å²) in [4.78, 5) is 12.1. The molecule has 1 atom stereocenters. The molecule has 0 unspecified atom stereocenters. The first-order valence-electron chi connectivity index (χ1n) is 7.14. The second kappa shape index (κ2) is 5.81. The van der Waals surface area contributed by atoms with E-state index in [9.17, 15) is 26.4 Å². The van der Waals surface area contributed by atoms with Gasteiger partial charge in [-0.05, 0) is 43.9 Å². The van der Waals surface area contributed by atoms with E-state index >= 15 is 0 Å². The molecule has 23 heavy (non-hydrogen) atoms. The zero-order chi connectivity index (χ0) is 17.5. The highest BCUT2D eigenvalue weighted by Gasteiger charge is 2.43. The average Bonchev–Trinajstić information content (AvgIpc) is 2.40. The number of sulfone groups is 1. The van der Waals surface area contributed by atoms with Gasteiger partial charge in [-0.1, -0.05) is 12.1 Å². The largest absolute Gasteiger partial charge is 0.416 e. The van der Waals surface area contributed by atoms with Crippen LogP contribution in [0.3, 0.4) is 0 Å². The Morgan fingerprint density at radius 2 is 1.91 bits per heavy atom. The normalized spacial score (nSPS) is 18.8. The number of carbonyl (C=O) groups excluding carboxylic acids is 1. The van der Waals surface area contributed by atoms with Crippen molar-refractivity contribution in [2.75, 3.05) is 6.26 Å². The second-order valence-corrected chi connectivity index (χ2v) is 8.34. The number of amides is 1. The van der Waals surface area contributed by atoms with Gasteiger partial charge in [0.05, 0.1) is 11.1 Å². The number of rotatable bonds is 4. The maximum absolute atomic E-state index is 12.9. The van der Waals surface area contributed by atoms with E-state index in [1.165, 1.54) is 19.1 Å². The van der Waals surface area contributed by atoms with E-state index in [-0.39, 0.29) is 0 Å². The number of nitrogens with one attached hydrogen (secondary N) is 1. The van der Waals surface area contributed by atoms with Gasteiger partial charge in [-0.25, -0.2) is 8.42 Å². The lowest BCUT2D eigenvalue weighted by atomic mass is 9.71. The van der Waals surface area contributed by atoms with Crippen molar-refractivity contribution >= 4 is 15.7 Å². The molecule has 1 aliphatic rings. The number of benzene rings is 1. The molecular formula is C15H18F3NO3S. The molecule has 0 aliphatic heterocycles. The van der Waals surface area contributed by atoms with Gasteiger partial charge in [-0.2, -0.15) is 13.2 Å². The van der Waals surface area contributed by atoms with Gasteiger partial charge in [-0.15, -0.1) is 0 Å². The topological polar surface area (TPSA) is 63.2 Å². The molecule has 0 spiro atoms. The van der Waals surface area contributed by atoms with Crippen molar-refractivity contribution in [3.63, 3.8) is 0 Å². The van der Waals surface area contributed by atoms with Crippen LogP contribution in [-0.4, -0.2) is 25.8 Å². The molecule has 0 saturated heterocycles. The lowest BCUT2D eigenvalue weighted by Gasteiger charge is -2.43. The highest BCUT2D eigenvalue weighted by Crippen LogP contribution is 2.43. The monoisotopic (exact) mass is 349 g/mol. The van der Waals surface area contributed by atoms with Gasteiger partial charge in [0.15, 0.2) is 9.84 Å². The molecule has 1 aromatic rings. The summed E-state index contributed by atoms with van der Waals surface area (Å²) in [7, 11) is -3.56. The highest BCUT2D eigenvalue weighted by molar-refractivity contribution is 7.92. The van der Waals surface area contributed by atoms with Crippen LogP contribution in [0.4, 0.5) is 13.2 Å². The van der Waals surface area contributed by atoms with Gasteiger partial charge in [0.1, 0.15) is 5.25 Å². The first-order valence-corrected chi connectivity index (χ1v) is 9.10. The molecule has 1 amide bonds. The van der Waals surface area contributed by atoms with Gasteiger partial charge >= 0.3 is 6.18 Å². The standard InChI is InChI=1S/C15H18F3NO3S/c1-10(23(2,21)22)13(20)19-14(7-4-8-14)11-5-3-6-12(9-11)15(16,17)18/h3,5-6,9-10H,4,7-8H2,1-2H3,(H,19,20)/t10-/m1/s1. The number of alkyl halides is 3. The van der Waals surface area contributed by atoms with Gasteiger partial charge < -0.3 is 5.32 Å². The smallest absolute Gasteiger partial charge is 0.345 e. The molecule has 0 radical (unpaired) electrons. The number of halogens is 3. The molecule has 2 rings (SSSR count). The van der Waals surface area contributed by atoms with E-state index in [1.54, 1.807) is 0 Å². The molecule has 8 heteroatoms. The number of hydrogen-bond acceptors (Lipinski definition) is 3. The van der Waals surface area contributed by atoms with Gasteiger partial charge in [0.25, 0.3) is 0 Å². The van der Waals surface area contributed by atoms with Gasteiger partial charge in [0.2, 0.25) is 5.91 Å². The summed E-state index contributed by atoms with van der Waals surface area (Å²) >= 11 is 0. The SMILES string of the molecule is C[C@H](C(=O)NC1(c2cccc(C(F)(F)F)c2)CCC1)S(C)(=O)=O. The molecule has 0 aromatic heterocycles. The molecular weight excluding hydrogens is 331 g/mol. The fourth-order valence-corrected chi connectivity index (χ4v) is 2.99. The summed E-state index contributed by atoms with van der Waals surface area (Å²) < 4.78 is 61.5. The van der Waals surface area contributed by atoms with Crippen LogP contribution in [-0.2, 0) is 26.3 Å². The van der Waals surface area contributed by atoms with Crippen LogP contribution in [0.5, 0.6) is 0 Å². The third-order valence-electron chi connectivity index (χ3n) is 4.32. The Bertz CT molecular complexity index is 709. The predicted molar refractivity (Wildman–Crippen MR) is 79.4 cm³/mol. The van der Waals surface area contributed by atoms with Gasteiger partial charge in [-0.3, -0.25) is 4.79 Å². The van der Waals surface area contributed by atoms with E-state index in [2.05, 4.69) is 5.32 Å². The first kappa shape index (κ1) is 17.8. The quantitative estimate of drug-likeness (QED) is 0.909. The Labute approximate surface area is 133 Å². The first-order chi connectivity index (χ1) is 10.5. The van der Waals surface area contributed by atoms with Crippen LogP contribution in [0.2, 0.25) is 0 Å². The molecule has 1 N–H and O–H groups in total. The molecule has 1 aliphatic carbocycles. The summed E-state index contributed by atoms with van der Waals surface area (Å²) in [6, 6.07) is 4.81. The fraction of sp³-hybridized carbons (Fsp3) is 0.533. The van der Waals surface area contributed by atoms with E-state index in [1.807, 2.05) is 0 Å². The Kier molecular flexibility index (Phi) is 4.49. The van der Waals surface area contributed by atoms with Crippen molar-refractivity contribution in [2.24, 2.45) is 0 Å². The second-order valence-electron chi connectivity index (χ2n) is 5.98. The highest BCUT2D eigenvalue weighted by atomic mass is 32.2. The summed E-state index contributed by atoms with van der Waals surface area (Å²) in [5, 5.41) is 1.40. The summed E-state index contributed by atoms with van der Waals surface area (Å²) in [5.74, 6) is -0.690. The zero-order valence-electron chi connectivity index (χ0n) is 12.8. The third kappa shape index (κ3) is 3.68. The minimum absolute atomic E-state index is 0.354. The van der Waals surface area contributed by atoms with E-state index in [4.69, 9.17) is 0 Å². The number of hydrogen-bond donors (Lipinski definition) is 1. The van der Waals surface area contributed by atoms with Crippen LogP contribution >= 0.6 is 0 Å². The van der Waals surface area contributed by atoms with Crippen LogP contribution in [0.1, 0.15) is 37.3 Å². The third-order valence-corrected chi connectivity index (χ3v) is 5.82. The Morgan fingerprint density at radius 3 is 2.35 bits per heavy atom. The van der Waals surface area contributed by atoms with Gasteiger partial charge in [0, 0.05) is 6.26 Å². The number of carbonyl (C=O) groups is 1. The molecule has 128 valence electrons. The van der Waals surface area contributed by atoms with E-state index in [0.717, 1.165) is 24.8 Å². The average molecular weight is 349 g/mol. The Balaban J connectivity index is 2.30. The minimum atomic E-state index is -4.47. The van der Waals surface area contributed by atoms with Crippen LogP contribution in [0, 0.1) is 0 Å². The van der Waals surface area contributed by atoms with Crippen molar-refractivity contribution in [1.29, 1.82) is 0 Å². The van der Waals surface area contributed by atoms with Crippen molar-refractivity contribution < 1.29 is 26.4 Å². The molecule has 1 saturated carbocycles. The van der Waals surface area contributed by atoms with Crippen molar-refractivity contribution in [2.45, 2.75) is 43.2 Å². The van der Waals surface area contributed by atoms with Crippen LogP contribution in [0.25, 0.3) is 0 Å². The lowest BCUT2D eigenvalue weighted by molar-refractivity contribution is -0.137. The molecule has 4 nitrogen and oxygen atoms in total. The Morgan fingerprint density at radius 1 is 1.30 bits per heavy atom. The summed E-state index contributed by atoms with van der Waals surface area (Å²) in [5.41, 5.74) is -1.35. The van der Waals surface area contributed by atoms with Crippen molar-refractivity contribution in [3.8, 4) is 0 Å². The molecule has 0 bridgehead atoms. The minimum Gasteiger partial charge on any atom is -0.345 e. The summed E-state index contributed by atoms with van der Waals surface area (Å²) in [6.45, 7) is 1.27. The predicted octanol–water partition coefficient (Wildman–Crippen LogP) is 2.63. The Hall–Kier alpha value is -1.57. The van der Waals surface area contributed by atoms with E-state index < -0.39 is 38.3 Å². The van der Waals surface area contributed by atoms with Crippen LogP contribution in [0.15, 0.2) is 24.3 Å². The molecule has 1 aromatic carbocycles. The zero-order valence-corrected chi connectivity index (χ0v) is 13.6.